The van der Waals surface area contributed by atoms with Crippen LogP contribution < -0.4 is 5.32 Å². The van der Waals surface area contributed by atoms with Crippen LogP contribution in [-0.2, 0) is 11.3 Å². The van der Waals surface area contributed by atoms with Gasteiger partial charge in [-0.15, -0.1) is 0 Å². The number of fused-ring (bicyclic) bond motifs is 1. The van der Waals surface area contributed by atoms with Crippen LogP contribution in [0.3, 0.4) is 0 Å². The van der Waals surface area contributed by atoms with E-state index in [1.807, 2.05) is 38.2 Å². The fourth-order valence-corrected chi connectivity index (χ4v) is 3.21. The van der Waals surface area contributed by atoms with Gasteiger partial charge in [0.1, 0.15) is 0 Å². The zero-order chi connectivity index (χ0) is 19.7. The van der Waals surface area contributed by atoms with E-state index in [9.17, 15) is 4.79 Å². The monoisotopic (exact) mass is 365 g/mol. The Morgan fingerprint density at radius 3 is 2.48 bits per heavy atom. The van der Waals surface area contributed by atoms with Crippen molar-refractivity contribution in [3.05, 3.63) is 64.1 Å². The molecular formula is C22H27N3O2. The highest BCUT2D eigenvalue weighted by Crippen LogP contribution is 2.24. The molecule has 142 valence electrons. The Balaban J connectivity index is 2.02. The number of imidazole rings is 1. The molecule has 5 heteroatoms. The van der Waals surface area contributed by atoms with E-state index in [0.29, 0.717) is 12.1 Å². The number of carbonyl (C=O) groups is 1. The van der Waals surface area contributed by atoms with E-state index in [1.165, 1.54) is 16.7 Å². The lowest BCUT2D eigenvalue weighted by molar-refractivity contribution is 0.0377. The highest BCUT2D eigenvalue weighted by atomic mass is 16.5. The predicted molar refractivity (Wildman–Crippen MR) is 108 cm³/mol. The van der Waals surface area contributed by atoms with E-state index >= 15 is 0 Å². The van der Waals surface area contributed by atoms with E-state index < -0.39 is 0 Å². The number of nitrogens with zero attached hydrogens (tertiary/aromatic N) is 2. The third-order valence-corrected chi connectivity index (χ3v) is 4.87. The summed E-state index contributed by atoms with van der Waals surface area (Å²) >= 11 is 0. The van der Waals surface area contributed by atoms with Crippen molar-refractivity contribution in [1.82, 2.24) is 9.38 Å². The number of pyridine rings is 1. The van der Waals surface area contributed by atoms with Gasteiger partial charge in [-0.1, -0.05) is 18.2 Å². The molecular weight excluding hydrogens is 338 g/mol. The summed E-state index contributed by atoms with van der Waals surface area (Å²) in [6, 6.07) is 8.12. The Morgan fingerprint density at radius 2 is 1.85 bits per heavy atom. The Hall–Kier alpha value is -2.82. The Morgan fingerprint density at radius 1 is 1.19 bits per heavy atom. The van der Waals surface area contributed by atoms with Gasteiger partial charge in [0.25, 0.3) is 0 Å². The van der Waals surface area contributed by atoms with Crippen molar-refractivity contribution in [1.29, 1.82) is 0 Å². The molecule has 2 aromatic heterocycles. The van der Waals surface area contributed by atoms with Gasteiger partial charge in [0.15, 0.2) is 5.65 Å². The fourth-order valence-electron chi connectivity index (χ4n) is 3.21. The van der Waals surface area contributed by atoms with Gasteiger partial charge < -0.3 is 14.5 Å². The van der Waals surface area contributed by atoms with Crippen molar-refractivity contribution in [3.63, 3.8) is 0 Å². The molecule has 1 N–H and O–H groups in total. The largest absolute Gasteiger partial charge is 0.459 e. The maximum atomic E-state index is 12.5. The van der Waals surface area contributed by atoms with Crippen LogP contribution >= 0.6 is 0 Å². The van der Waals surface area contributed by atoms with Crippen LogP contribution in [0.2, 0.25) is 0 Å². The van der Waals surface area contributed by atoms with Gasteiger partial charge in [-0.2, -0.15) is 0 Å². The van der Waals surface area contributed by atoms with Crippen molar-refractivity contribution in [2.45, 2.75) is 54.2 Å². The van der Waals surface area contributed by atoms with Crippen LogP contribution in [0, 0.1) is 27.7 Å². The minimum absolute atomic E-state index is 0.162. The molecule has 0 amide bonds. The summed E-state index contributed by atoms with van der Waals surface area (Å²) in [5, 5.41) is 3.48. The van der Waals surface area contributed by atoms with Crippen LogP contribution in [0.5, 0.6) is 0 Å². The van der Waals surface area contributed by atoms with Crippen LogP contribution in [0.4, 0.5) is 5.69 Å². The molecule has 0 saturated carbocycles. The van der Waals surface area contributed by atoms with Gasteiger partial charge >= 0.3 is 5.97 Å². The molecule has 0 bridgehead atoms. The van der Waals surface area contributed by atoms with Gasteiger partial charge in [-0.25, -0.2) is 9.78 Å². The molecule has 0 atom stereocenters. The molecule has 0 aliphatic heterocycles. The zero-order valence-electron chi connectivity index (χ0n) is 16.9. The summed E-state index contributed by atoms with van der Waals surface area (Å²) in [6.07, 6.45) is 1.64. The first-order chi connectivity index (χ1) is 12.8. The molecule has 0 saturated heterocycles. The maximum absolute atomic E-state index is 12.5. The van der Waals surface area contributed by atoms with Crippen LogP contribution in [-0.4, -0.2) is 21.5 Å². The average molecular weight is 365 g/mol. The number of nitrogens with one attached hydrogen (secondary N) is 1. The van der Waals surface area contributed by atoms with E-state index in [1.54, 1.807) is 6.20 Å². The second kappa shape index (κ2) is 7.43. The Bertz CT molecular complexity index is 982. The summed E-state index contributed by atoms with van der Waals surface area (Å²) in [7, 11) is 0. The third kappa shape index (κ3) is 3.82. The number of esters is 1. The van der Waals surface area contributed by atoms with Crippen molar-refractivity contribution in [2.75, 3.05) is 5.32 Å². The summed E-state index contributed by atoms with van der Waals surface area (Å²) in [6.45, 7) is 12.6. The lowest BCUT2D eigenvalue weighted by Gasteiger charge is -2.14. The number of hydrogen-bond donors (Lipinski definition) is 1. The molecule has 3 aromatic rings. The first kappa shape index (κ1) is 19.0. The van der Waals surface area contributed by atoms with Crippen LogP contribution in [0.15, 0.2) is 30.5 Å². The summed E-state index contributed by atoms with van der Waals surface area (Å²) < 4.78 is 7.35. The van der Waals surface area contributed by atoms with Crippen LogP contribution in [0.25, 0.3) is 5.65 Å². The molecule has 2 heterocycles. The first-order valence-electron chi connectivity index (χ1n) is 9.27. The lowest BCUT2D eigenvalue weighted by atomic mass is 10.0. The summed E-state index contributed by atoms with van der Waals surface area (Å²) in [5.41, 5.74) is 7.85. The van der Waals surface area contributed by atoms with E-state index in [-0.39, 0.29) is 12.1 Å². The molecule has 3 rings (SSSR count). The SMILES string of the molecule is Cc1cccc(C)c1CNc1cc(C(=O)OC(C)C)cn2c(C)c(C)nc12. The molecule has 0 aliphatic carbocycles. The van der Waals surface area contributed by atoms with E-state index in [4.69, 9.17) is 4.74 Å². The van der Waals surface area contributed by atoms with Gasteiger partial charge in [0, 0.05) is 18.4 Å². The molecule has 0 aliphatic rings. The Labute approximate surface area is 160 Å². The number of hydrogen-bond acceptors (Lipinski definition) is 4. The molecule has 0 unspecified atom stereocenters. The third-order valence-electron chi connectivity index (χ3n) is 4.87. The highest BCUT2D eigenvalue weighted by molar-refractivity contribution is 5.92. The minimum atomic E-state index is -0.326. The number of rotatable bonds is 5. The standard InChI is InChI=1S/C22H27N3O2/c1-13(2)27-22(26)18-10-20(21-24-16(5)17(6)25(21)12-18)23-11-19-14(3)8-7-9-15(19)4/h7-10,12-13,23H,11H2,1-6H3. The number of benzene rings is 1. The van der Waals surface area contributed by atoms with Gasteiger partial charge in [0.05, 0.1) is 23.0 Å². The molecule has 0 spiro atoms. The quantitative estimate of drug-likeness (QED) is 0.663. The minimum Gasteiger partial charge on any atom is -0.459 e. The van der Waals surface area contributed by atoms with Crippen molar-refractivity contribution >= 4 is 17.3 Å². The van der Waals surface area contributed by atoms with Crippen molar-refractivity contribution < 1.29 is 9.53 Å². The van der Waals surface area contributed by atoms with Crippen molar-refractivity contribution in [2.24, 2.45) is 0 Å². The highest BCUT2D eigenvalue weighted by Gasteiger charge is 2.16. The van der Waals surface area contributed by atoms with Crippen molar-refractivity contribution in [3.8, 4) is 0 Å². The number of ether oxygens (including phenoxy) is 1. The Kier molecular flexibility index (Phi) is 5.22. The predicted octanol–water partition coefficient (Wildman–Crippen LogP) is 4.75. The molecule has 27 heavy (non-hydrogen) atoms. The average Bonchev–Trinajstić information content (AvgIpc) is 2.88. The number of carbonyl (C=O) groups excluding carboxylic acids is 1. The summed E-state index contributed by atoms with van der Waals surface area (Å²) in [5.74, 6) is -0.326. The lowest BCUT2D eigenvalue weighted by Crippen LogP contribution is -2.13. The van der Waals surface area contributed by atoms with E-state index in [2.05, 4.69) is 42.3 Å². The first-order valence-corrected chi connectivity index (χ1v) is 9.27. The molecule has 0 radical (unpaired) electrons. The van der Waals surface area contributed by atoms with E-state index in [0.717, 1.165) is 22.7 Å². The number of anilines is 1. The van der Waals surface area contributed by atoms with Gasteiger partial charge in [0.2, 0.25) is 0 Å². The summed E-state index contributed by atoms with van der Waals surface area (Å²) in [4.78, 5) is 17.1. The second-order valence-corrected chi connectivity index (χ2v) is 7.30. The number of aromatic nitrogens is 2. The van der Waals surface area contributed by atoms with Gasteiger partial charge in [-0.3, -0.25) is 0 Å². The molecule has 0 fully saturated rings. The van der Waals surface area contributed by atoms with Crippen LogP contribution in [0.1, 0.15) is 52.3 Å². The van der Waals surface area contributed by atoms with Gasteiger partial charge in [-0.05, 0) is 64.3 Å². The number of aryl methyl sites for hydroxylation is 4. The molecule has 5 nitrogen and oxygen atoms in total. The smallest absolute Gasteiger partial charge is 0.339 e. The second-order valence-electron chi connectivity index (χ2n) is 7.30. The normalized spacial score (nSPS) is 11.2. The fraction of sp³-hybridized carbons (Fsp3) is 0.364. The zero-order valence-corrected chi connectivity index (χ0v) is 16.9. The maximum Gasteiger partial charge on any atom is 0.339 e. The topological polar surface area (TPSA) is 55.6 Å². The molecule has 1 aromatic carbocycles.